The molecule has 6 nitrogen and oxygen atoms in total. The average molecular weight is 375 g/mol. The molecule has 1 aromatic rings. The molecule has 3 heterocycles. The molecule has 1 fully saturated rings. The van der Waals surface area contributed by atoms with Crippen LogP contribution in [-0.4, -0.2) is 53.6 Å². The van der Waals surface area contributed by atoms with Crippen LogP contribution >= 0.6 is 11.3 Å². The Morgan fingerprint density at radius 1 is 1.56 bits per heavy atom. The van der Waals surface area contributed by atoms with E-state index in [1.807, 2.05) is 0 Å². The summed E-state index contributed by atoms with van der Waals surface area (Å²) in [5.74, 6) is -2.39. The number of carbonyl (C=O) groups excluding carboxylic acids is 2. The molecule has 0 radical (unpaired) electrons. The predicted octanol–water partition coefficient (Wildman–Crippen LogP) is 2.18. The van der Waals surface area contributed by atoms with Crippen LogP contribution in [0.3, 0.4) is 0 Å². The molecule has 10 heteroatoms. The lowest BCUT2D eigenvalue weighted by atomic mass is 10.1. The van der Waals surface area contributed by atoms with Gasteiger partial charge in [-0.2, -0.15) is 13.2 Å². The van der Waals surface area contributed by atoms with Gasteiger partial charge in [-0.1, -0.05) is 6.07 Å². The van der Waals surface area contributed by atoms with Crippen molar-refractivity contribution in [3.63, 3.8) is 0 Å². The second kappa shape index (κ2) is 6.41. The molecule has 1 aromatic heterocycles. The van der Waals surface area contributed by atoms with Crippen LogP contribution in [0, 0.1) is 0 Å². The van der Waals surface area contributed by atoms with Crippen LogP contribution in [0.5, 0.6) is 0 Å². The highest BCUT2D eigenvalue weighted by Gasteiger charge is 2.66. The monoisotopic (exact) mass is 375 g/mol. The minimum Gasteiger partial charge on any atom is -0.376 e. The average Bonchev–Trinajstić information content (AvgIpc) is 3.25. The van der Waals surface area contributed by atoms with Crippen molar-refractivity contribution in [3.8, 4) is 0 Å². The summed E-state index contributed by atoms with van der Waals surface area (Å²) >= 11 is 0.980. The van der Waals surface area contributed by atoms with Gasteiger partial charge in [0.25, 0.3) is 11.8 Å². The number of amides is 2. The molecule has 2 aliphatic heterocycles. The molecule has 1 N–H and O–H groups in total. The zero-order chi connectivity index (χ0) is 18.2. The van der Waals surface area contributed by atoms with Crippen molar-refractivity contribution in [1.29, 1.82) is 0 Å². The maximum Gasteiger partial charge on any atom is 0.442 e. The minimum atomic E-state index is -5.07. The van der Waals surface area contributed by atoms with Gasteiger partial charge in [0.15, 0.2) is 0 Å². The topological polar surface area (TPSA) is 71.0 Å². The number of nitrogens with one attached hydrogen (secondary N) is 1. The second-order valence-corrected chi connectivity index (χ2v) is 6.80. The Balaban J connectivity index is 1.88. The Hall–Kier alpha value is -1.94. The molecular formula is C15H16F3N3O3S. The fourth-order valence-electron chi connectivity index (χ4n) is 2.87. The molecule has 0 saturated carbocycles. The Morgan fingerprint density at radius 3 is 2.88 bits per heavy atom. The van der Waals surface area contributed by atoms with Crippen LogP contribution in [-0.2, 0) is 9.53 Å². The first-order valence-electron chi connectivity index (χ1n) is 7.67. The second-order valence-electron chi connectivity index (χ2n) is 5.85. The number of aliphatic imine (C=N–C) groups is 1. The van der Waals surface area contributed by atoms with E-state index >= 15 is 0 Å². The minimum absolute atomic E-state index is 0.0130. The number of halogens is 3. The lowest BCUT2D eigenvalue weighted by molar-refractivity contribution is -0.196. The molecule has 2 aliphatic rings. The Kier molecular flexibility index (Phi) is 4.58. The quantitative estimate of drug-likeness (QED) is 0.877. The van der Waals surface area contributed by atoms with Crippen LogP contribution in [0.25, 0.3) is 0 Å². The van der Waals surface area contributed by atoms with E-state index in [-0.39, 0.29) is 23.4 Å². The van der Waals surface area contributed by atoms with Gasteiger partial charge in [-0.25, -0.2) is 4.99 Å². The van der Waals surface area contributed by atoms with E-state index in [0.29, 0.717) is 13.0 Å². The van der Waals surface area contributed by atoms with Crippen LogP contribution in [0.4, 0.5) is 13.2 Å². The summed E-state index contributed by atoms with van der Waals surface area (Å²) in [6, 6.07) is 2.92. The number of rotatable bonds is 4. The molecule has 0 spiro atoms. The van der Waals surface area contributed by atoms with Gasteiger partial charge in [-0.3, -0.25) is 14.5 Å². The molecule has 25 heavy (non-hydrogen) atoms. The maximum absolute atomic E-state index is 13.7. The molecule has 2 unspecified atom stereocenters. The fraction of sp³-hybridized carbons (Fsp3) is 0.533. The summed E-state index contributed by atoms with van der Waals surface area (Å²) in [6.45, 7) is 1.82. The van der Waals surface area contributed by atoms with E-state index in [1.54, 1.807) is 10.7 Å². The van der Waals surface area contributed by atoms with Gasteiger partial charge >= 0.3 is 11.8 Å². The number of amidine groups is 1. The number of carbonyl (C=O) groups is 2. The molecule has 0 aliphatic carbocycles. The Labute approximate surface area is 145 Å². The number of alkyl halides is 3. The molecule has 0 bridgehead atoms. The van der Waals surface area contributed by atoms with Crippen molar-refractivity contribution in [1.82, 2.24) is 10.2 Å². The fourth-order valence-corrected chi connectivity index (χ4v) is 3.49. The number of thiophene rings is 1. The van der Waals surface area contributed by atoms with Gasteiger partial charge in [-0.15, -0.1) is 11.3 Å². The van der Waals surface area contributed by atoms with E-state index < -0.39 is 23.7 Å². The molecular weight excluding hydrogens is 359 g/mol. The third kappa shape index (κ3) is 3.15. The summed E-state index contributed by atoms with van der Waals surface area (Å²) in [5.41, 5.74) is -3.29. The molecule has 0 aromatic carbocycles. The van der Waals surface area contributed by atoms with E-state index in [0.717, 1.165) is 22.7 Å². The van der Waals surface area contributed by atoms with E-state index in [4.69, 9.17) is 4.74 Å². The zero-order valence-electron chi connectivity index (χ0n) is 13.3. The highest BCUT2D eigenvalue weighted by molar-refractivity contribution is 7.12. The maximum atomic E-state index is 13.7. The summed E-state index contributed by atoms with van der Waals surface area (Å²) < 4.78 is 46.6. The van der Waals surface area contributed by atoms with Crippen molar-refractivity contribution in [2.45, 2.75) is 37.7 Å². The number of nitrogens with zero attached hydrogens (tertiary/aromatic N) is 2. The lowest BCUT2D eigenvalue weighted by Gasteiger charge is -2.29. The summed E-state index contributed by atoms with van der Waals surface area (Å²) in [6.07, 6.45) is -3.94. The SMILES string of the molecule is CC1=NC(NC(=O)c2cccs2)(C(F)(F)F)C(=O)N1CC1CCCO1. The molecule has 136 valence electrons. The summed E-state index contributed by atoms with van der Waals surface area (Å²) in [5, 5.41) is 3.36. The third-order valence-corrected chi connectivity index (χ3v) is 5.00. The van der Waals surface area contributed by atoms with Gasteiger partial charge in [0.2, 0.25) is 0 Å². The smallest absolute Gasteiger partial charge is 0.376 e. The summed E-state index contributed by atoms with van der Waals surface area (Å²) in [4.78, 5) is 29.3. The van der Waals surface area contributed by atoms with E-state index in [9.17, 15) is 22.8 Å². The highest BCUT2D eigenvalue weighted by atomic mass is 32.1. The zero-order valence-corrected chi connectivity index (χ0v) is 14.1. The van der Waals surface area contributed by atoms with Gasteiger partial charge in [-0.05, 0) is 31.2 Å². The first-order valence-corrected chi connectivity index (χ1v) is 8.55. The number of ether oxygens (including phenoxy) is 1. The molecule has 2 amide bonds. The van der Waals surface area contributed by atoms with Crippen molar-refractivity contribution >= 4 is 29.0 Å². The van der Waals surface area contributed by atoms with E-state index in [1.165, 1.54) is 19.1 Å². The Bertz CT molecular complexity index is 699. The molecule has 2 atom stereocenters. The normalized spacial score (nSPS) is 26.9. The van der Waals surface area contributed by atoms with Crippen molar-refractivity contribution in [2.75, 3.05) is 13.2 Å². The van der Waals surface area contributed by atoms with Crippen molar-refractivity contribution < 1.29 is 27.5 Å². The summed E-state index contributed by atoms with van der Waals surface area (Å²) in [7, 11) is 0. The van der Waals surface area contributed by atoms with E-state index in [2.05, 4.69) is 4.99 Å². The van der Waals surface area contributed by atoms with Gasteiger partial charge in [0.05, 0.1) is 17.5 Å². The lowest BCUT2D eigenvalue weighted by Crippen LogP contribution is -2.63. The van der Waals surface area contributed by atoms with Crippen LogP contribution in [0.15, 0.2) is 22.5 Å². The third-order valence-electron chi connectivity index (χ3n) is 4.13. The van der Waals surface area contributed by atoms with Crippen LogP contribution in [0.2, 0.25) is 0 Å². The van der Waals surface area contributed by atoms with Crippen molar-refractivity contribution in [3.05, 3.63) is 22.4 Å². The van der Waals surface area contributed by atoms with Gasteiger partial charge < -0.3 is 10.1 Å². The van der Waals surface area contributed by atoms with Crippen LogP contribution < -0.4 is 5.32 Å². The molecule has 1 saturated heterocycles. The number of hydrogen-bond acceptors (Lipinski definition) is 5. The van der Waals surface area contributed by atoms with Crippen LogP contribution in [0.1, 0.15) is 29.4 Å². The predicted molar refractivity (Wildman–Crippen MR) is 84.4 cm³/mol. The number of hydrogen-bond donors (Lipinski definition) is 1. The van der Waals surface area contributed by atoms with Gasteiger partial charge in [0.1, 0.15) is 5.84 Å². The van der Waals surface area contributed by atoms with Gasteiger partial charge in [0, 0.05) is 6.61 Å². The first kappa shape index (κ1) is 17.9. The Morgan fingerprint density at radius 2 is 2.32 bits per heavy atom. The molecule has 3 rings (SSSR count). The standard InChI is InChI=1S/C15H16F3N3O3S/c1-9-19-14(15(16,17)18,20-12(22)11-5-3-7-25-11)13(23)21(9)8-10-4-2-6-24-10/h3,5,7,10H,2,4,6,8H2,1H3,(H,20,22). The largest absolute Gasteiger partial charge is 0.442 e. The van der Waals surface area contributed by atoms with Crippen molar-refractivity contribution in [2.24, 2.45) is 4.99 Å². The highest BCUT2D eigenvalue weighted by Crippen LogP contribution is 2.38. The first-order chi connectivity index (χ1) is 11.7.